The topological polar surface area (TPSA) is 129 Å². The molecule has 136 valence electrons. The number of nitrogens with one attached hydrogen (secondary N) is 1. The van der Waals surface area contributed by atoms with Gasteiger partial charge in [-0.05, 0) is 11.2 Å². The van der Waals surface area contributed by atoms with Gasteiger partial charge in [-0.3, -0.25) is 4.79 Å². The number of carboxylic acids is 1. The molecule has 0 saturated heterocycles. The van der Waals surface area contributed by atoms with Crippen LogP contribution in [0.4, 0.5) is 13.2 Å². The molecule has 0 aliphatic heterocycles. The minimum absolute atomic E-state index is 0.259. The van der Waals surface area contributed by atoms with Gasteiger partial charge in [0, 0.05) is 24.0 Å². The molecule has 12 heteroatoms. The van der Waals surface area contributed by atoms with E-state index in [4.69, 9.17) is 14.4 Å². The van der Waals surface area contributed by atoms with Crippen molar-refractivity contribution >= 4 is 5.97 Å². The number of rotatable bonds is 3. The quantitative estimate of drug-likeness (QED) is 0.614. The highest BCUT2D eigenvalue weighted by molar-refractivity contribution is 5.70. The molecule has 0 amide bonds. The molecule has 0 aliphatic rings. The zero-order chi connectivity index (χ0) is 19.2. The van der Waals surface area contributed by atoms with Crippen molar-refractivity contribution in [1.29, 1.82) is 0 Å². The summed E-state index contributed by atoms with van der Waals surface area (Å²) in [5.74, 6) is -1.87. The molecule has 0 aliphatic carbocycles. The first kappa shape index (κ1) is 18.8. The molecule has 0 radical (unpaired) electrons. The summed E-state index contributed by atoms with van der Waals surface area (Å²) < 4.78 is 38.2. The molecule has 3 aromatic heterocycles. The van der Waals surface area contributed by atoms with E-state index in [0.717, 1.165) is 5.56 Å². The van der Waals surface area contributed by atoms with Crippen LogP contribution in [0, 0.1) is 0 Å². The maximum Gasteiger partial charge on any atom is 0.430 e. The minimum Gasteiger partial charge on any atom is -0.542 e. The van der Waals surface area contributed by atoms with E-state index in [1.807, 2.05) is 6.07 Å². The van der Waals surface area contributed by atoms with E-state index in [1.54, 1.807) is 35.5 Å². The molecule has 0 aromatic carbocycles. The number of aromatic nitrogens is 5. The number of carboxylic acid groups (broad SMARTS) is 1. The molecule has 3 rings (SSSR count). The number of H-pyrrole nitrogens is 1. The van der Waals surface area contributed by atoms with Crippen LogP contribution in [-0.4, -0.2) is 32.4 Å². The zero-order valence-corrected chi connectivity index (χ0v) is 12.8. The SMILES string of the molecule is O=C([O-])C(F)(F)F.O=c1cc(C[n+]2ccc(-c3ncccn3)cn2)o[nH]1. The number of carbonyl (C=O) groups is 1. The predicted molar refractivity (Wildman–Crippen MR) is 75.0 cm³/mol. The van der Waals surface area contributed by atoms with E-state index in [9.17, 15) is 18.0 Å². The van der Waals surface area contributed by atoms with Crippen LogP contribution in [0.25, 0.3) is 11.4 Å². The zero-order valence-electron chi connectivity index (χ0n) is 12.8. The van der Waals surface area contributed by atoms with Gasteiger partial charge in [0.05, 0.1) is 6.07 Å². The van der Waals surface area contributed by atoms with Gasteiger partial charge in [-0.2, -0.15) is 18.3 Å². The lowest BCUT2D eigenvalue weighted by molar-refractivity contribution is -0.747. The fraction of sp³-hybridized carbons (Fsp3) is 0.143. The summed E-state index contributed by atoms with van der Waals surface area (Å²) in [6, 6.07) is 5.00. The molecule has 0 saturated carbocycles. The highest BCUT2D eigenvalue weighted by atomic mass is 19.4. The lowest BCUT2D eigenvalue weighted by Crippen LogP contribution is -2.37. The van der Waals surface area contributed by atoms with Crippen molar-refractivity contribution in [1.82, 2.24) is 20.2 Å². The van der Waals surface area contributed by atoms with E-state index in [2.05, 4.69) is 20.2 Å². The van der Waals surface area contributed by atoms with Gasteiger partial charge in [-0.25, -0.2) is 9.97 Å². The van der Waals surface area contributed by atoms with Crippen molar-refractivity contribution in [3.8, 4) is 11.4 Å². The van der Waals surface area contributed by atoms with Crippen LogP contribution in [0.15, 0.2) is 52.3 Å². The Balaban J connectivity index is 0.000000298. The maximum absolute atomic E-state index is 10.9. The Labute approximate surface area is 142 Å². The van der Waals surface area contributed by atoms with Gasteiger partial charge in [0.1, 0.15) is 12.2 Å². The number of nitrogens with zero attached hydrogens (tertiary/aromatic N) is 4. The highest BCUT2D eigenvalue weighted by Gasteiger charge is 2.28. The summed E-state index contributed by atoms with van der Waals surface area (Å²) in [7, 11) is 0. The van der Waals surface area contributed by atoms with Gasteiger partial charge in [0.25, 0.3) is 5.56 Å². The monoisotopic (exact) mass is 369 g/mol. The standard InChI is InChI=1S/C12H9N5O2.C2HF3O2/c18-11-6-10(19-16-11)8-17-5-2-9(7-15-17)12-13-3-1-4-14-12;3-2(4,5)1(6)7/h1-7H,8H2;(H,6,7). The Morgan fingerprint density at radius 2 is 1.96 bits per heavy atom. The number of hydrogen-bond acceptors (Lipinski definition) is 7. The van der Waals surface area contributed by atoms with E-state index in [-0.39, 0.29) is 5.56 Å². The van der Waals surface area contributed by atoms with Crippen LogP contribution in [0.1, 0.15) is 5.76 Å². The first-order chi connectivity index (χ1) is 12.3. The van der Waals surface area contributed by atoms with Crippen molar-refractivity contribution in [2.24, 2.45) is 0 Å². The van der Waals surface area contributed by atoms with Gasteiger partial charge < -0.3 is 14.4 Å². The lowest BCUT2D eigenvalue weighted by atomic mass is 10.3. The van der Waals surface area contributed by atoms with Crippen molar-refractivity contribution in [2.75, 3.05) is 0 Å². The molecular formula is C14H10F3N5O4. The molecule has 26 heavy (non-hydrogen) atoms. The van der Waals surface area contributed by atoms with Crippen molar-refractivity contribution in [2.45, 2.75) is 12.7 Å². The number of hydrogen-bond donors (Lipinski definition) is 1. The summed E-state index contributed by atoms with van der Waals surface area (Å²) in [5, 5.41) is 15.2. The van der Waals surface area contributed by atoms with Crippen LogP contribution in [0.5, 0.6) is 0 Å². The fourth-order valence-electron chi connectivity index (χ4n) is 1.62. The third-order valence-electron chi connectivity index (χ3n) is 2.72. The van der Waals surface area contributed by atoms with Gasteiger partial charge >= 0.3 is 6.18 Å². The Kier molecular flexibility index (Phi) is 5.78. The normalized spacial score (nSPS) is 10.7. The lowest BCUT2D eigenvalue weighted by Gasteiger charge is -2.03. The Morgan fingerprint density at radius 3 is 2.42 bits per heavy atom. The third kappa shape index (κ3) is 5.51. The Morgan fingerprint density at radius 1 is 1.31 bits per heavy atom. The molecule has 1 N–H and O–H groups in total. The van der Waals surface area contributed by atoms with E-state index < -0.39 is 12.1 Å². The van der Waals surface area contributed by atoms with Gasteiger partial charge in [-0.15, -0.1) is 0 Å². The second kappa shape index (κ2) is 8.00. The maximum atomic E-state index is 10.9. The average molecular weight is 369 g/mol. The average Bonchev–Trinajstić information content (AvgIpc) is 3.01. The first-order valence-corrected chi connectivity index (χ1v) is 6.84. The Bertz CT molecular complexity index is 907. The molecule has 0 unspecified atom stereocenters. The Hall–Kier alpha value is -3.57. The second-order valence-electron chi connectivity index (χ2n) is 4.65. The molecule has 0 atom stereocenters. The molecule has 0 spiro atoms. The van der Waals surface area contributed by atoms with Crippen LogP contribution in [0.3, 0.4) is 0 Å². The summed E-state index contributed by atoms with van der Waals surface area (Å²) in [6.45, 7) is 0.384. The number of alkyl halides is 3. The van der Waals surface area contributed by atoms with Crippen molar-refractivity contribution in [3.63, 3.8) is 0 Å². The van der Waals surface area contributed by atoms with Gasteiger partial charge in [-0.1, -0.05) is 4.68 Å². The molecular weight excluding hydrogens is 359 g/mol. The number of aliphatic carboxylic acids is 1. The van der Waals surface area contributed by atoms with Gasteiger partial charge in [0.2, 0.25) is 12.3 Å². The highest BCUT2D eigenvalue weighted by Crippen LogP contribution is 2.11. The third-order valence-corrected chi connectivity index (χ3v) is 2.72. The number of carbonyl (C=O) groups excluding carboxylic acids is 1. The fourth-order valence-corrected chi connectivity index (χ4v) is 1.62. The number of halogens is 3. The van der Waals surface area contributed by atoms with E-state index >= 15 is 0 Å². The minimum atomic E-state index is -5.19. The van der Waals surface area contributed by atoms with Crippen LogP contribution < -0.4 is 15.3 Å². The van der Waals surface area contributed by atoms with E-state index in [0.29, 0.717) is 18.1 Å². The van der Waals surface area contributed by atoms with Crippen molar-refractivity contribution in [3.05, 3.63) is 59.1 Å². The van der Waals surface area contributed by atoms with E-state index in [1.165, 1.54) is 6.07 Å². The second-order valence-corrected chi connectivity index (χ2v) is 4.65. The van der Waals surface area contributed by atoms with Crippen molar-refractivity contribution < 1.29 is 32.3 Å². The first-order valence-electron chi connectivity index (χ1n) is 6.84. The number of aromatic amines is 1. The molecule has 0 fully saturated rings. The van der Waals surface area contributed by atoms with Crippen LogP contribution in [-0.2, 0) is 11.3 Å². The summed E-state index contributed by atoms with van der Waals surface area (Å²) in [6.07, 6.45) is 1.61. The van der Waals surface area contributed by atoms with Crippen LogP contribution >= 0.6 is 0 Å². The van der Waals surface area contributed by atoms with Crippen LogP contribution in [0.2, 0.25) is 0 Å². The summed E-state index contributed by atoms with van der Waals surface area (Å²) in [4.78, 5) is 28.0. The summed E-state index contributed by atoms with van der Waals surface area (Å²) in [5.41, 5.74) is 0.567. The smallest absolute Gasteiger partial charge is 0.430 e. The summed E-state index contributed by atoms with van der Waals surface area (Å²) >= 11 is 0. The predicted octanol–water partition coefficient (Wildman–Crippen LogP) is -0.546. The molecule has 3 aromatic rings. The molecule has 9 nitrogen and oxygen atoms in total. The molecule has 3 heterocycles. The molecule has 0 bridgehead atoms. The van der Waals surface area contributed by atoms with Gasteiger partial charge in [0.15, 0.2) is 12.0 Å². The largest absolute Gasteiger partial charge is 0.542 e.